The standard InChI is InChI=1S/C41H50N4O6S/c1-5-6-7-8-9-22-51-32-16-14-28(15-17-32)31-25-43-38(44-26-31)29-12-10-27(11-13-29)23-30(39(48)45-33(40(49)50)18-21-37(42)47)24-34(46)35-19-20-36(52-35)41(2,3)4/h10-17,19-20,25-26,30,33H,5-9,18,21-24H2,1-4H3,(H2,42,47)(H,45,48)(H,49,50)/t30-,33+/m1/s1. The van der Waals surface area contributed by atoms with E-state index in [2.05, 4.69) is 43.0 Å². The van der Waals surface area contributed by atoms with Gasteiger partial charge in [-0.15, -0.1) is 11.3 Å². The number of aliphatic carboxylic acids is 1. The van der Waals surface area contributed by atoms with Crippen LogP contribution in [0.5, 0.6) is 5.75 Å². The number of ketones is 1. The van der Waals surface area contributed by atoms with E-state index in [-0.39, 0.29) is 36.9 Å². The monoisotopic (exact) mass is 726 g/mol. The number of ether oxygens (including phenoxy) is 1. The lowest BCUT2D eigenvalue weighted by atomic mass is 9.92. The van der Waals surface area contributed by atoms with Gasteiger partial charge in [0.25, 0.3) is 0 Å². The summed E-state index contributed by atoms with van der Waals surface area (Å²) in [6.07, 6.45) is 9.25. The highest BCUT2D eigenvalue weighted by molar-refractivity contribution is 7.14. The summed E-state index contributed by atoms with van der Waals surface area (Å²) >= 11 is 1.40. The van der Waals surface area contributed by atoms with Gasteiger partial charge in [-0.1, -0.05) is 89.8 Å². The molecule has 4 aromatic rings. The number of rotatable bonds is 20. The van der Waals surface area contributed by atoms with E-state index >= 15 is 0 Å². The topological polar surface area (TPSA) is 162 Å². The van der Waals surface area contributed by atoms with Gasteiger partial charge in [0, 0.05) is 47.2 Å². The van der Waals surface area contributed by atoms with Crippen LogP contribution in [-0.2, 0) is 26.2 Å². The fourth-order valence-corrected chi connectivity index (χ4v) is 6.66. The smallest absolute Gasteiger partial charge is 0.326 e. The average molecular weight is 727 g/mol. The van der Waals surface area contributed by atoms with Crippen LogP contribution in [0.1, 0.15) is 99.2 Å². The second kappa shape index (κ2) is 19.1. The molecule has 0 spiro atoms. The van der Waals surface area contributed by atoms with Crippen molar-refractivity contribution in [2.24, 2.45) is 11.7 Å². The molecule has 11 heteroatoms. The van der Waals surface area contributed by atoms with Crippen molar-refractivity contribution in [1.82, 2.24) is 15.3 Å². The van der Waals surface area contributed by atoms with Gasteiger partial charge >= 0.3 is 5.97 Å². The Morgan fingerprint density at radius 2 is 1.52 bits per heavy atom. The molecule has 0 saturated carbocycles. The van der Waals surface area contributed by atoms with Crippen LogP contribution in [-0.4, -0.2) is 51.3 Å². The predicted molar refractivity (Wildman–Crippen MR) is 204 cm³/mol. The second-order valence-corrected chi connectivity index (χ2v) is 15.2. The number of nitrogens with zero attached hydrogens (tertiary/aromatic N) is 2. The summed E-state index contributed by atoms with van der Waals surface area (Å²) in [5.41, 5.74) is 8.50. The second-order valence-electron chi connectivity index (χ2n) is 14.1. The minimum Gasteiger partial charge on any atom is -0.494 e. The van der Waals surface area contributed by atoms with Gasteiger partial charge in [0.05, 0.1) is 11.5 Å². The summed E-state index contributed by atoms with van der Waals surface area (Å²) in [6, 6.07) is 17.7. The molecule has 0 aliphatic rings. The van der Waals surface area contributed by atoms with Crippen molar-refractivity contribution in [3.63, 3.8) is 0 Å². The Labute approximate surface area is 310 Å². The third-order valence-electron chi connectivity index (χ3n) is 8.77. The maximum atomic E-state index is 13.5. The molecule has 0 fully saturated rings. The molecule has 0 bridgehead atoms. The zero-order chi connectivity index (χ0) is 37.7. The number of amides is 2. The molecular formula is C41H50N4O6S. The zero-order valence-electron chi connectivity index (χ0n) is 30.5. The normalized spacial score (nSPS) is 12.5. The lowest BCUT2D eigenvalue weighted by molar-refractivity contribution is -0.142. The average Bonchev–Trinajstić information content (AvgIpc) is 3.64. The molecule has 0 saturated heterocycles. The van der Waals surface area contributed by atoms with Crippen molar-refractivity contribution in [2.45, 2.75) is 96.9 Å². The van der Waals surface area contributed by atoms with Crippen LogP contribution in [0.4, 0.5) is 0 Å². The Morgan fingerprint density at radius 1 is 0.865 bits per heavy atom. The third kappa shape index (κ3) is 12.1. The molecule has 2 atom stereocenters. The molecule has 2 heterocycles. The van der Waals surface area contributed by atoms with E-state index in [0.29, 0.717) is 17.3 Å². The van der Waals surface area contributed by atoms with Gasteiger partial charge < -0.3 is 20.9 Å². The molecule has 0 radical (unpaired) electrons. The Kier molecular flexibility index (Phi) is 14.6. The Hall–Kier alpha value is -4.90. The molecule has 2 amide bonds. The van der Waals surface area contributed by atoms with Crippen LogP contribution in [0.3, 0.4) is 0 Å². The Balaban J connectivity index is 1.43. The zero-order valence-corrected chi connectivity index (χ0v) is 31.3. The minimum atomic E-state index is -1.31. The van der Waals surface area contributed by atoms with Crippen LogP contribution in [0.25, 0.3) is 22.5 Å². The Morgan fingerprint density at radius 3 is 2.12 bits per heavy atom. The number of hydrogen-bond acceptors (Lipinski definition) is 8. The van der Waals surface area contributed by atoms with Crippen LogP contribution < -0.4 is 15.8 Å². The highest BCUT2D eigenvalue weighted by atomic mass is 32.1. The van der Waals surface area contributed by atoms with Crippen LogP contribution >= 0.6 is 11.3 Å². The third-order valence-corrected chi connectivity index (χ3v) is 10.3. The number of nitrogens with two attached hydrogens (primary N) is 1. The quantitative estimate of drug-likeness (QED) is 0.0614. The number of hydrogen-bond donors (Lipinski definition) is 3. The molecule has 2 aromatic carbocycles. The SMILES string of the molecule is CCCCCCCOc1ccc(-c2cnc(-c3ccc(C[C@H](CC(=O)c4ccc(C(C)(C)C)s4)C(=O)N[C@@H](CCC(N)=O)C(=O)O)cc3)nc2)cc1. The molecular weight excluding hydrogens is 677 g/mol. The minimum absolute atomic E-state index is 0.115. The molecule has 0 aliphatic heterocycles. The van der Waals surface area contributed by atoms with E-state index in [1.165, 1.54) is 37.0 Å². The molecule has 4 rings (SSSR count). The van der Waals surface area contributed by atoms with Crippen molar-refractivity contribution < 1.29 is 29.0 Å². The van der Waals surface area contributed by atoms with E-state index in [1.54, 1.807) is 18.5 Å². The fraction of sp³-hybridized carbons (Fsp3) is 0.415. The first-order valence-electron chi connectivity index (χ1n) is 17.9. The van der Waals surface area contributed by atoms with Gasteiger partial charge in [-0.3, -0.25) is 14.4 Å². The van der Waals surface area contributed by atoms with Gasteiger partial charge in [0.15, 0.2) is 11.6 Å². The molecule has 10 nitrogen and oxygen atoms in total. The highest BCUT2D eigenvalue weighted by Gasteiger charge is 2.29. The Bertz CT molecular complexity index is 1780. The van der Waals surface area contributed by atoms with Crippen molar-refractivity contribution in [1.29, 1.82) is 0 Å². The van der Waals surface area contributed by atoms with Crippen molar-refractivity contribution >= 4 is 34.9 Å². The van der Waals surface area contributed by atoms with Crippen molar-refractivity contribution in [3.8, 4) is 28.3 Å². The number of Topliss-reactive ketones (excluding diaryl/α,β-unsaturated/α-hetero) is 1. The van der Waals surface area contributed by atoms with E-state index in [9.17, 15) is 24.3 Å². The molecule has 52 heavy (non-hydrogen) atoms. The lowest BCUT2D eigenvalue weighted by Crippen LogP contribution is -2.45. The fourth-order valence-electron chi connectivity index (χ4n) is 5.65. The number of unbranched alkanes of at least 4 members (excludes halogenated alkanes) is 4. The largest absolute Gasteiger partial charge is 0.494 e. The molecule has 276 valence electrons. The van der Waals surface area contributed by atoms with Gasteiger partial charge in [-0.05, 0) is 60.1 Å². The number of carbonyl (C=O) groups excluding carboxylic acids is 3. The lowest BCUT2D eigenvalue weighted by Gasteiger charge is -2.20. The van der Waals surface area contributed by atoms with E-state index < -0.39 is 29.7 Å². The molecule has 4 N–H and O–H groups in total. The van der Waals surface area contributed by atoms with Crippen LogP contribution in [0.15, 0.2) is 73.1 Å². The van der Waals surface area contributed by atoms with E-state index in [4.69, 9.17) is 10.5 Å². The number of carbonyl (C=O) groups is 4. The van der Waals surface area contributed by atoms with Gasteiger partial charge in [-0.2, -0.15) is 0 Å². The predicted octanol–water partition coefficient (Wildman–Crippen LogP) is 7.79. The van der Waals surface area contributed by atoms with E-state index in [1.807, 2.05) is 54.6 Å². The molecule has 0 aliphatic carbocycles. The molecule has 0 unspecified atom stereocenters. The summed E-state index contributed by atoms with van der Waals surface area (Å²) in [5, 5.41) is 12.2. The summed E-state index contributed by atoms with van der Waals surface area (Å²) in [4.78, 5) is 60.9. The first-order valence-corrected chi connectivity index (χ1v) is 18.7. The van der Waals surface area contributed by atoms with Gasteiger partial charge in [0.2, 0.25) is 11.8 Å². The highest BCUT2D eigenvalue weighted by Crippen LogP contribution is 2.31. The number of benzene rings is 2. The maximum absolute atomic E-state index is 13.5. The van der Waals surface area contributed by atoms with Gasteiger partial charge in [-0.25, -0.2) is 14.8 Å². The maximum Gasteiger partial charge on any atom is 0.326 e. The van der Waals surface area contributed by atoms with Crippen LogP contribution in [0.2, 0.25) is 0 Å². The summed E-state index contributed by atoms with van der Waals surface area (Å²) in [5.74, 6) is -2.20. The first kappa shape index (κ1) is 39.9. The molecule has 2 aromatic heterocycles. The van der Waals surface area contributed by atoms with Crippen molar-refractivity contribution in [2.75, 3.05) is 6.61 Å². The summed E-state index contributed by atoms with van der Waals surface area (Å²) in [7, 11) is 0. The number of thiophene rings is 1. The van der Waals surface area contributed by atoms with Crippen LogP contribution in [0, 0.1) is 5.92 Å². The number of nitrogens with one attached hydrogen (secondary N) is 1. The first-order chi connectivity index (χ1) is 24.8. The van der Waals surface area contributed by atoms with Crippen molar-refractivity contribution in [3.05, 3.63) is 88.4 Å². The number of carboxylic acid groups (broad SMARTS) is 1. The summed E-state index contributed by atoms with van der Waals surface area (Å²) in [6.45, 7) is 9.12. The summed E-state index contributed by atoms with van der Waals surface area (Å²) < 4.78 is 5.89. The number of primary amides is 1. The van der Waals surface area contributed by atoms with E-state index in [0.717, 1.165) is 39.3 Å². The number of aromatic nitrogens is 2. The number of carboxylic acids is 1. The van der Waals surface area contributed by atoms with Gasteiger partial charge in [0.1, 0.15) is 11.8 Å².